The first kappa shape index (κ1) is 12.8. The Hall–Kier alpha value is -1.68. The van der Waals surface area contributed by atoms with Crippen LogP contribution in [0.2, 0.25) is 0 Å². The molecule has 0 atom stereocenters. The molecular weight excluding hydrogens is 226 g/mol. The van der Waals surface area contributed by atoms with Gasteiger partial charge in [-0.25, -0.2) is 4.98 Å². The van der Waals surface area contributed by atoms with Crippen LogP contribution in [-0.4, -0.2) is 28.5 Å². The quantitative estimate of drug-likeness (QED) is 0.896. The maximum absolute atomic E-state index is 11.9. The monoisotopic (exact) mass is 245 g/mol. The molecule has 2 aromatic rings. The Bertz CT molecular complexity index is 589. The third-order valence-corrected chi connectivity index (χ3v) is 2.76. The molecule has 1 aromatic heterocycles. The maximum Gasteiger partial charge on any atom is 0.258 e. The third kappa shape index (κ3) is 2.96. The van der Waals surface area contributed by atoms with E-state index in [0.717, 1.165) is 17.9 Å². The number of rotatable bonds is 4. The van der Waals surface area contributed by atoms with Crippen molar-refractivity contribution >= 4 is 10.9 Å². The van der Waals surface area contributed by atoms with Crippen molar-refractivity contribution in [2.45, 2.75) is 20.4 Å². The van der Waals surface area contributed by atoms with Gasteiger partial charge in [-0.2, -0.15) is 0 Å². The Morgan fingerprint density at radius 2 is 2.06 bits per heavy atom. The lowest BCUT2D eigenvalue weighted by Crippen LogP contribution is -2.25. The van der Waals surface area contributed by atoms with Crippen LogP contribution in [0.3, 0.4) is 0 Å². The number of hydrogen-bond donors (Lipinski definition) is 1. The van der Waals surface area contributed by atoms with Gasteiger partial charge in [0, 0.05) is 6.54 Å². The summed E-state index contributed by atoms with van der Waals surface area (Å²) in [5, 5.41) is 0.646. The number of fused-ring (bicyclic) bond motifs is 1. The first-order valence-electron chi connectivity index (χ1n) is 6.22. The van der Waals surface area contributed by atoms with E-state index < -0.39 is 0 Å². The van der Waals surface area contributed by atoms with Gasteiger partial charge in [0.25, 0.3) is 5.56 Å². The van der Waals surface area contributed by atoms with Crippen LogP contribution in [-0.2, 0) is 6.54 Å². The molecule has 0 radical (unpaired) electrons. The molecule has 1 heterocycles. The van der Waals surface area contributed by atoms with E-state index >= 15 is 0 Å². The molecule has 0 amide bonds. The molecule has 18 heavy (non-hydrogen) atoms. The van der Waals surface area contributed by atoms with E-state index in [2.05, 4.69) is 28.7 Å². The smallest absolute Gasteiger partial charge is 0.258 e. The van der Waals surface area contributed by atoms with E-state index in [4.69, 9.17) is 0 Å². The fourth-order valence-corrected chi connectivity index (χ4v) is 2.15. The molecular formula is C14H19N3O. The molecule has 0 fully saturated rings. The van der Waals surface area contributed by atoms with Crippen LogP contribution >= 0.6 is 0 Å². The summed E-state index contributed by atoms with van der Waals surface area (Å²) in [5.74, 6) is 1.32. The summed E-state index contributed by atoms with van der Waals surface area (Å²) < 4.78 is 0. The van der Waals surface area contributed by atoms with Crippen molar-refractivity contribution in [2.75, 3.05) is 13.6 Å². The number of benzene rings is 1. The summed E-state index contributed by atoms with van der Waals surface area (Å²) in [5.41, 5.74) is 0.697. The molecule has 4 heteroatoms. The van der Waals surface area contributed by atoms with Gasteiger partial charge in [0.15, 0.2) is 0 Å². The molecule has 4 nitrogen and oxygen atoms in total. The van der Waals surface area contributed by atoms with Crippen LogP contribution in [0.15, 0.2) is 29.1 Å². The third-order valence-electron chi connectivity index (χ3n) is 2.76. The van der Waals surface area contributed by atoms with Crippen LogP contribution < -0.4 is 5.56 Å². The molecule has 2 rings (SSSR count). The summed E-state index contributed by atoms with van der Waals surface area (Å²) in [7, 11) is 2.04. The molecule has 0 saturated heterocycles. The lowest BCUT2D eigenvalue weighted by Gasteiger charge is -2.18. The molecule has 0 unspecified atom stereocenters. The summed E-state index contributed by atoms with van der Waals surface area (Å²) >= 11 is 0. The van der Waals surface area contributed by atoms with Gasteiger partial charge in [0.2, 0.25) is 0 Å². The highest BCUT2D eigenvalue weighted by Gasteiger charge is 2.07. The summed E-state index contributed by atoms with van der Waals surface area (Å²) in [6, 6.07) is 7.42. The Labute approximate surface area is 107 Å². The number of nitrogens with zero attached hydrogens (tertiary/aromatic N) is 2. The SMILES string of the molecule is CC(C)CN(C)Cc1nc2ccccc2c(=O)[nH]1. The molecule has 0 aliphatic rings. The predicted molar refractivity (Wildman–Crippen MR) is 73.5 cm³/mol. The highest BCUT2D eigenvalue weighted by atomic mass is 16.1. The minimum atomic E-state index is -0.0615. The second-order valence-corrected chi connectivity index (χ2v) is 5.12. The molecule has 1 aromatic carbocycles. The van der Waals surface area contributed by atoms with Crippen LogP contribution in [0.25, 0.3) is 10.9 Å². The number of aromatic amines is 1. The first-order valence-corrected chi connectivity index (χ1v) is 6.22. The topological polar surface area (TPSA) is 49.0 Å². The van der Waals surface area contributed by atoms with Crippen molar-refractivity contribution in [3.63, 3.8) is 0 Å². The average Bonchev–Trinajstić information content (AvgIpc) is 2.27. The van der Waals surface area contributed by atoms with E-state index in [9.17, 15) is 4.79 Å². The summed E-state index contributed by atoms with van der Waals surface area (Å²) in [4.78, 5) is 21.4. The van der Waals surface area contributed by atoms with Gasteiger partial charge in [0.05, 0.1) is 17.4 Å². The number of nitrogens with one attached hydrogen (secondary N) is 1. The Balaban J connectivity index is 2.27. The number of aromatic nitrogens is 2. The molecule has 0 aliphatic carbocycles. The van der Waals surface area contributed by atoms with Gasteiger partial charge in [0.1, 0.15) is 5.82 Å². The van der Waals surface area contributed by atoms with E-state index in [-0.39, 0.29) is 5.56 Å². The molecule has 0 aliphatic heterocycles. The second-order valence-electron chi connectivity index (χ2n) is 5.12. The van der Waals surface area contributed by atoms with E-state index in [1.165, 1.54) is 0 Å². The molecule has 0 bridgehead atoms. The fraction of sp³-hybridized carbons (Fsp3) is 0.429. The Morgan fingerprint density at radius 1 is 1.33 bits per heavy atom. The van der Waals surface area contributed by atoms with Crippen LogP contribution in [0.1, 0.15) is 19.7 Å². The number of para-hydroxylation sites is 1. The van der Waals surface area contributed by atoms with Gasteiger partial charge in [-0.1, -0.05) is 26.0 Å². The largest absolute Gasteiger partial charge is 0.309 e. The number of H-pyrrole nitrogens is 1. The minimum Gasteiger partial charge on any atom is -0.309 e. The van der Waals surface area contributed by atoms with Crippen molar-refractivity contribution in [1.29, 1.82) is 0 Å². The molecule has 96 valence electrons. The Morgan fingerprint density at radius 3 is 2.78 bits per heavy atom. The van der Waals surface area contributed by atoms with Crippen LogP contribution in [0.4, 0.5) is 0 Å². The normalized spacial score (nSPS) is 11.6. The van der Waals surface area contributed by atoms with Gasteiger partial charge in [-0.05, 0) is 25.1 Å². The summed E-state index contributed by atoms with van der Waals surface area (Å²) in [6.07, 6.45) is 0. The summed E-state index contributed by atoms with van der Waals surface area (Å²) in [6.45, 7) is 5.99. The Kier molecular flexibility index (Phi) is 3.77. The first-order chi connectivity index (χ1) is 8.56. The van der Waals surface area contributed by atoms with Gasteiger partial charge < -0.3 is 4.98 Å². The van der Waals surface area contributed by atoms with Gasteiger partial charge >= 0.3 is 0 Å². The van der Waals surface area contributed by atoms with Crippen molar-refractivity contribution in [3.05, 3.63) is 40.4 Å². The van der Waals surface area contributed by atoms with Crippen molar-refractivity contribution in [2.24, 2.45) is 5.92 Å². The van der Waals surface area contributed by atoms with Crippen LogP contribution in [0, 0.1) is 5.92 Å². The zero-order valence-electron chi connectivity index (χ0n) is 11.1. The van der Waals surface area contributed by atoms with E-state index in [1.807, 2.05) is 25.2 Å². The lowest BCUT2D eigenvalue weighted by atomic mass is 10.2. The van der Waals surface area contributed by atoms with Gasteiger partial charge in [-0.15, -0.1) is 0 Å². The van der Waals surface area contributed by atoms with E-state index in [1.54, 1.807) is 6.07 Å². The molecule has 1 N–H and O–H groups in total. The fourth-order valence-electron chi connectivity index (χ4n) is 2.15. The second kappa shape index (κ2) is 5.31. The molecule has 0 saturated carbocycles. The van der Waals surface area contributed by atoms with Gasteiger partial charge in [-0.3, -0.25) is 9.69 Å². The van der Waals surface area contributed by atoms with E-state index in [0.29, 0.717) is 17.8 Å². The van der Waals surface area contributed by atoms with Crippen molar-refractivity contribution in [1.82, 2.24) is 14.9 Å². The minimum absolute atomic E-state index is 0.0615. The lowest BCUT2D eigenvalue weighted by molar-refractivity contribution is 0.282. The molecule has 0 spiro atoms. The van der Waals surface area contributed by atoms with Crippen molar-refractivity contribution in [3.8, 4) is 0 Å². The number of hydrogen-bond acceptors (Lipinski definition) is 3. The van der Waals surface area contributed by atoms with Crippen molar-refractivity contribution < 1.29 is 0 Å². The predicted octanol–water partition coefficient (Wildman–Crippen LogP) is 2.01. The highest BCUT2D eigenvalue weighted by molar-refractivity contribution is 5.77. The average molecular weight is 245 g/mol. The highest BCUT2D eigenvalue weighted by Crippen LogP contribution is 2.07. The zero-order valence-corrected chi connectivity index (χ0v) is 11.1. The zero-order chi connectivity index (χ0) is 13.1. The maximum atomic E-state index is 11.9. The van der Waals surface area contributed by atoms with Crippen LogP contribution in [0.5, 0.6) is 0 Å². The standard InChI is InChI=1S/C14H19N3O/c1-10(2)8-17(3)9-13-15-12-7-5-4-6-11(12)14(18)16-13/h4-7,10H,8-9H2,1-3H3,(H,15,16,18).